The molecule has 2 aromatic carbocycles. The van der Waals surface area contributed by atoms with Crippen LogP contribution >= 0.6 is 0 Å². The summed E-state index contributed by atoms with van der Waals surface area (Å²) < 4.78 is 40.0. The molecular weight excluding hydrogens is 309 g/mol. The summed E-state index contributed by atoms with van der Waals surface area (Å²) in [4.78, 5) is 10.5. The molecule has 0 aliphatic carbocycles. The second-order valence-corrected chi connectivity index (χ2v) is 6.65. The van der Waals surface area contributed by atoms with Gasteiger partial charge in [0.05, 0.1) is 11.3 Å². The molecule has 0 unspecified atom stereocenters. The van der Waals surface area contributed by atoms with Crippen molar-refractivity contribution in [2.24, 2.45) is 0 Å². The first-order valence-corrected chi connectivity index (χ1v) is 7.76. The zero-order chi connectivity index (χ0) is 16.5. The molecule has 0 amide bonds. The fourth-order valence-electron chi connectivity index (χ4n) is 2.01. The van der Waals surface area contributed by atoms with Crippen molar-refractivity contribution >= 4 is 21.7 Å². The van der Waals surface area contributed by atoms with Gasteiger partial charge in [-0.25, -0.2) is 17.6 Å². The van der Waals surface area contributed by atoms with Gasteiger partial charge in [0.2, 0.25) is 0 Å². The van der Waals surface area contributed by atoms with E-state index >= 15 is 0 Å². The summed E-state index contributed by atoms with van der Waals surface area (Å²) in [5.41, 5.74) is 0.257. The maximum absolute atomic E-state index is 14.1. The highest BCUT2D eigenvalue weighted by molar-refractivity contribution is 7.92. The van der Waals surface area contributed by atoms with Crippen LogP contribution in [0.1, 0.15) is 15.9 Å². The molecule has 2 rings (SSSR count). The number of benzene rings is 2. The summed E-state index contributed by atoms with van der Waals surface area (Å²) in [5, 5.41) is 9.07. The molecule has 0 bridgehead atoms. The van der Waals surface area contributed by atoms with E-state index in [9.17, 15) is 17.6 Å². The van der Waals surface area contributed by atoms with Gasteiger partial charge in [0.15, 0.2) is 0 Å². The number of aromatic carboxylic acids is 1. The first kappa shape index (κ1) is 16.0. The minimum atomic E-state index is -4.20. The van der Waals surface area contributed by atoms with Crippen LogP contribution in [0.25, 0.3) is 0 Å². The van der Waals surface area contributed by atoms with Gasteiger partial charge in [0.25, 0.3) is 10.0 Å². The Morgan fingerprint density at radius 2 is 1.77 bits per heavy atom. The molecule has 5 nitrogen and oxygen atoms in total. The van der Waals surface area contributed by atoms with Crippen LogP contribution in [0.15, 0.2) is 47.4 Å². The molecular formula is C15H14FNO4S. The molecule has 7 heteroatoms. The Bertz CT molecular complexity index is 819. The van der Waals surface area contributed by atoms with Gasteiger partial charge in [0.1, 0.15) is 10.7 Å². The number of hydrogen-bond acceptors (Lipinski definition) is 3. The summed E-state index contributed by atoms with van der Waals surface area (Å²) in [6.45, 7) is 1.41. The number of carboxylic acids is 1. The molecule has 0 saturated carbocycles. The quantitative estimate of drug-likeness (QED) is 0.938. The van der Waals surface area contributed by atoms with Gasteiger partial charge in [-0.3, -0.25) is 4.31 Å². The van der Waals surface area contributed by atoms with Crippen molar-refractivity contribution in [3.63, 3.8) is 0 Å². The van der Waals surface area contributed by atoms with Crippen molar-refractivity contribution in [3.05, 3.63) is 59.4 Å². The van der Waals surface area contributed by atoms with Crippen LogP contribution in [0.5, 0.6) is 0 Å². The largest absolute Gasteiger partial charge is 0.478 e. The van der Waals surface area contributed by atoms with Gasteiger partial charge in [-0.15, -0.1) is 0 Å². The normalized spacial score (nSPS) is 11.2. The maximum atomic E-state index is 14.1. The molecule has 1 N–H and O–H groups in total. The predicted molar refractivity (Wildman–Crippen MR) is 80.1 cm³/mol. The Labute approximate surface area is 127 Å². The van der Waals surface area contributed by atoms with E-state index in [1.54, 1.807) is 30.3 Å². The highest BCUT2D eigenvalue weighted by Gasteiger charge is 2.27. The lowest BCUT2D eigenvalue weighted by Crippen LogP contribution is -2.27. The van der Waals surface area contributed by atoms with Crippen molar-refractivity contribution in [1.82, 2.24) is 0 Å². The third-order valence-electron chi connectivity index (χ3n) is 3.27. The molecule has 0 aromatic heterocycles. The number of halogens is 1. The van der Waals surface area contributed by atoms with Gasteiger partial charge >= 0.3 is 5.97 Å². The minimum Gasteiger partial charge on any atom is -0.478 e. The van der Waals surface area contributed by atoms with Crippen LogP contribution < -0.4 is 4.31 Å². The van der Waals surface area contributed by atoms with E-state index in [1.165, 1.54) is 14.0 Å². The average molecular weight is 323 g/mol. The standard InChI is InChI=1S/C15H14FNO4S/c1-10-8-13(16)14(9-12(10)15(18)19)22(20,21)17(2)11-6-4-3-5-7-11/h3-9H,1-2H3,(H,18,19). The van der Waals surface area contributed by atoms with Gasteiger partial charge in [-0.05, 0) is 36.8 Å². The lowest BCUT2D eigenvalue weighted by Gasteiger charge is -2.20. The highest BCUT2D eigenvalue weighted by atomic mass is 32.2. The SMILES string of the molecule is Cc1cc(F)c(S(=O)(=O)N(C)c2ccccc2)cc1C(=O)O. The Morgan fingerprint density at radius 3 is 2.32 bits per heavy atom. The van der Waals surface area contributed by atoms with E-state index in [-0.39, 0.29) is 11.1 Å². The molecule has 0 heterocycles. The van der Waals surface area contributed by atoms with Crippen molar-refractivity contribution in [1.29, 1.82) is 0 Å². The van der Waals surface area contributed by atoms with Crippen LogP contribution in [0.2, 0.25) is 0 Å². The Kier molecular flexibility index (Phi) is 4.18. The second-order valence-electron chi connectivity index (χ2n) is 4.71. The van der Waals surface area contributed by atoms with Crippen molar-refractivity contribution in [3.8, 4) is 0 Å². The summed E-state index contributed by atoms with van der Waals surface area (Å²) in [6, 6.07) is 9.89. The highest BCUT2D eigenvalue weighted by Crippen LogP contribution is 2.26. The Morgan fingerprint density at radius 1 is 1.18 bits per heavy atom. The fraction of sp³-hybridized carbons (Fsp3) is 0.133. The molecule has 0 radical (unpaired) electrons. The topological polar surface area (TPSA) is 74.7 Å². The van der Waals surface area contributed by atoms with E-state index in [1.807, 2.05) is 0 Å². The summed E-state index contributed by atoms with van der Waals surface area (Å²) in [5.74, 6) is -2.29. The van der Waals surface area contributed by atoms with Gasteiger partial charge in [-0.1, -0.05) is 18.2 Å². The van der Waals surface area contributed by atoms with Crippen molar-refractivity contribution < 1.29 is 22.7 Å². The monoisotopic (exact) mass is 323 g/mol. The third-order valence-corrected chi connectivity index (χ3v) is 5.07. The number of aryl methyl sites for hydroxylation is 1. The van der Waals surface area contributed by atoms with Crippen LogP contribution in [0.4, 0.5) is 10.1 Å². The number of para-hydroxylation sites is 1. The van der Waals surface area contributed by atoms with Crippen LogP contribution in [0, 0.1) is 12.7 Å². The Balaban J connectivity index is 2.59. The van der Waals surface area contributed by atoms with Gasteiger partial charge < -0.3 is 5.11 Å². The van der Waals surface area contributed by atoms with E-state index in [4.69, 9.17) is 5.11 Å². The smallest absolute Gasteiger partial charge is 0.335 e. The number of sulfonamides is 1. The lowest BCUT2D eigenvalue weighted by atomic mass is 10.1. The third kappa shape index (κ3) is 2.80. The number of carboxylic acid groups (broad SMARTS) is 1. The lowest BCUT2D eigenvalue weighted by molar-refractivity contribution is 0.0695. The van der Waals surface area contributed by atoms with E-state index in [2.05, 4.69) is 0 Å². The van der Waals surface area contributed by atoms with Crippen LogP contribution in [-0.4, -0.2) is 26.5 Å². The molecule has 0 fully saturated rings. The number of nitrogens with zero attached hydrogens (tertiary/aromatic N) is 1. The van der Waals surface area contributed by atoms with E-state index in [0.29, 0.717) is 5.69 Å². The van der Waals surface area contributed by atoms with Gasteiger partial charge in [0, 0.05) is 7.05 Å². The fourth-order valence-corrected chi connectivity index (χ4v) is 3.27. The molecule has 0 atom stereocenters. The number of carbonyl (C=O) groups is 1. The number of hydrogen-bond donors (Lipinski definition) is 1. The Hall–Kier alpha value is -2.41. The second kappa shape index (κ2) is 5.76. The molecule has 0 spiro atoms. The molecule has 0 aliphatic heterocycles. The predicted octanol–water partition coefficient (Wildman–Crippen LogP) is 2.66. The average Bonchev–Trinajstić information content (AvgIpc) is 2.46. The van der Waals surface area contributed by atoms with Crippen molar-refractivity contribution in [2.45, 2.75) is 11.8 Å². The molecule has 0 aliphatic rings. The first-order chi connectivity index (χ1) is 10.2. The number of anilines is 1. The van der Waals surface area contributed by atoms with E-state index < -0.39 is 26.7 Å². The minimum absolute atomic E-state index is 0.159. The van der Waals surface area contributed by atoms with Crippen LogP contribution in [-0.2, 0) is 10.0 Å². The maximum Gasteiger partial charge on any atom is 0.335 e. The van der Waals surface area contributed by atoms with Crippen LogP contribution in [0.3, 0.4) is 0 Å². The van der Waals surface area contributed by atoms with Crippen molar-refractivity contribution in [2.75, 3.05) is 11.4 Å². The molecule has 22 heavy (non-hydrogen) atoms. The van der Waals surface area contributed by atoms with Gasteiger partial charge in [-0.2, -0.15) is 0 Å². The summed E-state index contributed by atoms with van der Waals surface area (Å²) in [6.07, 6.45) is 0. The molecule has 0 saturated heterocycles. The van der Waals surface area contributed by atoms with E-state index in [0.717, 1.165) is 16.4 Å². The molecule has 2 aromatic rings. The molecule has 116 valence electrons. The zero-order valence-electron chi connectivity index (χ0n) is 11.9. The summed E-state index contributed by atoms with van der Waals surface area (Å²) >= 11 is 0. The first-order valence-electron chi connectivity index (χ1n) is 6.32. The zero-order valence-corrected chi connectivity index (χ0v) is 12.8. The summed E-state index contributed by atoms with van der Waals surface area (Å²) in [7, 11) is -2.92. The number of rotatable bonds is 4.